The lowest BCUT2D eigenvalue weighted by molar-refractivity contribution is -0.133. The van der Waals surface area contributed by atoms with Crippen molar-refractivity contribution in [3.05, 3.63) is 0 Å². The van der Waals surface area contributed by atoms with Gasteiger partial charge in [-0.3, -0.25) is 9.69 Å². The molecule has 1 rings (SSSR count). The molecule has 1 aliphatic heterocycles. The molecule has 1 fully saturated rings. The normalized spacial score (nSPS) is 19.5. The Labute approximate surface area is 124 Å². The molecule has 3 nitrogen and oxygen atoms in total. The summed E-state index contributed by atoms with van der Waals surface area (Å²) in [5, 5.41) is 0.295. The molecule has 19 heavy (non-hydrogen) atoms. The molecule has 1 unspecified atom stereocenters. The standard InChI is InChI=1S/C15H30N2OS/c1-13(19)16-9-11-17(12-10-16)14(18)7-5-6-8-15(2,3)4/h13,19H,5-12H2,1-4H3. The van der Waals surface area contributed by atoms with Crippen molar-refractivity contribution in [1.29, 1.82) is 0 Å². The van der Waals surface area contributed by atoms with Crippen LogP contribution in [0.2, 0.25) is 0 Å². The van der Waals surface area contributed by atoms with Crippen molar-refractivity contribution < 1.29 is 4.79 Å². The zero-order valence-corrected chi connectivity index (χ0v) is 13.9. The van der Waals surface area contributed by atoms with E-state index in [-0.39, 0.29) is 0 Å². The van der Waals surface area contributed by atoms with Crippen LogP contribution in [0.25, 0.3) is 0 Å². The summed E-state index contributed by atoms with van der Waals surface area (Å²) >= 11 is 4.44. The van der Waals surface area contributed by atoms with E-state index in [4.69, 9.17) is 0 Å². The van der Waals surface area contributed by atoms with Crippen LogP contribution in [-0.2, 0) is 4.79 Å². The molecule has 1 amide bonds. The molecule has 0 aromatic carbocycles. The monoisotopic (exact) mass is 286 g/mol. The minimum absolute atomic E-state index is 0.295. The summed E-state index contributed by atoms with van der Waals surface area (Å²) in [5.74, 6) is 0.334. The second-order valence-corrected chi connectivity index (χ2v) is 7.56. The first-order chi connectivity index (χ1) is 8.79. The predicted molar refractivity (Wildman–Crippen MR) is 84.5 cm³/mol. The number of carbonyl (C=O) groups is 1. The van der Waals surface area contributed by atoms with Gasteiger partial charge in [-0.15, -0.1) is 0 Å². The third kappa shape index (κ3) is 6.66. The largest absolute Gasteiger partial charge is 0.340 e. The lowest BCUT2D eigenvalue weighted by atomic mass is 9.89. The van der Waals surface area contributed by atoms with Crippen molar-refractivity contribution in [2.24, 2.45) is 5.41 Å². The summed E-state index contributed by atoms with van der Waals surface area (Å²) in [6.07, 6.45) is 4.10. The van der Waals surface area contributed by atoms with E-state index < -0.39 is 0 Å². The van der Waals surface area contributed by atoms with Gasteiger partial charge in [0, 0.05) is 32.6 Å². The van der Waals surface area contributed by atoms with E-state index in [1.165, 1.54) is 6.42 Å². The van der Waals surface area contributed by atoms with Crippen LogP contribution in [0, 0.1) is 5.41 Å². The van der Waals surface area contributed by atoms with Crippen LogP contribution in [0.4, 0.5) is 0 Å². The predicted octanol–water partition coefficient (Wildman–Crippen LogP) is 3.01. The molecule has 0 aliphatic carbocycles. The molecule has 0 aromatic rings. The van der Waals surface area contributed by atoms with Gasteiger partial charge < -0.3 is 4.90 Å². The van der Waals surface area contributed by atoms with Gasteiger partial charge in [0.2, 0.25) is 5.91 Å². The van der Waals surface area contributed by atoms with Gasteiger partial charge >= 0.3 is 0 Å². The summed E-state index contributed by atoms with van der Waals surface area (Å²) in [5.41, 5.74) is 0.386. The van der Waals surface area contributed by atoms with E-state index in [1.807, 2.05) is 4.90 Å². The highest BCUT2D eigenvalue weighted by Crippen LogP contribution is 2.22. The maximum Gasteiger partial charge on any atom is 0.222 e. The molecule has 1 heterocycles. The summed E-state index contributed by atoms with van der Waals surface area (Å²) in [6.45, 7) is 12.5. The SMILES string of the molecule is CC(S)N1CCN(C(=O)CCCCC(C)(C)C)CC1. The van der Waals surface area contributed by atoms with E-state index in [9.17, 15) is 4.79 Å². The summed E-state index contributed by atoms with van der Waals surface area (Å²) < 4.78 is 0. The average molecular weight is 286 g/mol. The van der Waals surface area contributed by atoms with Gasteiger partial charge in [-0.25, -0.2) is 0 Å². The van der Waals surface area contributed by atoms with Gasteiger partial charge in [-0.2, -0.15) is 12.6 Å². The van der Waals surface area contributed by atoms with Crippen molar-refractivity contribution in [3.8, 4) is 0 Å². The maximum absolute atomic E-state index is 12.1. The van der Waals surface area contributed by atoms with Crippen molar-refractivity contribution in [2.75, 3.05) is 26.2 Å². The second kappa shape index (κ2) is 7.53. The molecule has 0 bridgehead atoms. The van der Waals surface area contributed by atoms with Gasteiger partial charge in [-0.05, 0) is 25.2 Å². The van der Waals surface area contributed by atoms with Crippen molar-refractivity contribution >= 4 is 18.5 Å². The van der Waals surface area contributed by atoms with E-state index in [0.717, 1.165) is 39.0 Å². The first kappa shape index (κ1) is 16.8. The maximum atomic E-state index is 12.1. The van der Waals surface area contributed by atoms with Crippen LogP contribution >= 0.6 is 12.6 Å². The highest BCUT2D eigenvalue weighted by Gasteiger charge is 2.22. The number of hydrogen-bond donors (Lipinski definition) is 1. The Kier molecular flexibility index (Phi) is 6.67. The Bertz CT molecular complexity index is 278. The molecule has 0 saturated carbocycles. The molecule has 1 saturated heterocycles. The summed E-state index contributed by atoms with van der Waals surface area (Å²) in [7, 11) is 0. The third-order valence-electron chi connectivity index (χ3n) is 3.76. The number of thiol groups is 1. The number of nitrogens with zero attached hydrogens (tertiary/aromatic N) is 2. The van der Waals surface area contributed by atoms with Crippen LogP contribution in [0.1, 0.15) is 53.4 Å². The number of hydrogen-bond acceptors (Lipinski definition) is 3. The summed E-state index contributed by atoms with van der Waals surface area (Å²) in [6, 6.07) is 0. The lowest BCUT2D eigenvalue weighted by Gasteiger charge is -2.36. The number of rotatable bonds is 5. The fourth-order valence-electron chi connectivity index (χ4n) is 2.43. The molecular formula is C15H30N2OS. The van der Waals surface area contributed by atoms with Gasteiger partial charge in [0.05, 0.1) is 5.37 Å². The Morgan fingerprint density at radius 1 is 1.16 bits per heavy atom. The van der Waals surface area contributed by atoms with Gasteiger partial charge in [0.15, 0.2) is 0 Å². The molecule has 112 valence electrons. The smallest absolute Gasteiger partial charge is 0.222 e. The van der Waals surface area contributed by atoms with Crippen LogP contribution in [0.3, 0.4) is 0 Å². The number of carbonyl (C=O) groups excluding carboxylic acids is 1. The van der Waals surface area contributed by atoms with Crippen molar-refractivity contribution in [1.82, 2.24) is 9.80 Å². The molecule has 1 aliphatic rings. The Hall–Kier alpha value is -0.220. The van der Waals surface area contributed by atoms with Crippen LogP contribution < -0.4 is 0 Å². The quantitative estimate of drug-likeness (QED) is 0.620. The molecule has 0 radical (unpaired) electrons. The Morgan fingerprint density at radius 2 is 1.74 bits per heavy atom. The fourth-order valence-corrected chi connectivity index (χ4v) is 2.67. The zero-order valence-electron chi connectivity index (χ0n) is 13.0. The zero-order chi connectivity index (χ0) is 14.5. The Morgan fingerprint density at radius 3 is 2.21 bits per heavy atom. The lowest BCUT2D eigenvalue weighted by Crippen LogP contribution is -2.50. The number of piperazine rings is 1. The van der Waals surface area contributed by atoms with Crippen LogP contribution in [-0.4, -0.2) is 47.3 Å². The van der Waals surface area contributed by atoms with E-state index in [1.54, 1.807) is 0 Å². The highest BCUT2D eigenvalue weighted by molar-refractivity contribution is 7.80. The highest BCUT2D eigenvalue weighted by atomic mass is 32.1. The van der Waals surface area contributed by atoms with E-state index in [0.29, 0.717) is 23.1 Å². The minimum Gasteiger partial charge on any atom is -0.340 e. The molecule has 0 spiro atoms. The molecule has 1 atom stereocenters. The number of unbranched alkanes of at least 4 members (excludes halogenated alkanes) is 1. The molecule has 0 N–H and O–H groups in total. The van der Waals surface area contributed by atoms with Crippen molar-refractivity contribution in [2.45, 2.75) is 58.8 Å². The first-order valence-electron chi connectivity index (χ1n) is 7.49. The van der Waals surface area contributed by atoms with Gasteiger partial charge in [-0.1, -0.05) is 27.2 Å². The topological polar surface area (TPSA) is 23.6 Å². The van der Waals surface area contributed by atoms with Crippen molar-refractivity contribution in [3.63, 3.8) is 0 Å². The molecule has 0 aromatic heterocycles. The van der Waals surface area contributed by atoms with Crippen LogP contribution in [0.15, 0.2) is 0 Å². The number of amides is 1. The van der Waals surface area contributed by atoms with Gasteiger partial charge in [0.1, 0.15) is 0 Å². The van der Waals surface area contributed by atoms with E-state index >= 15 is 0 Å². The first-order valence-corrected chi connectivity index (χ1v) is 8.01. The fraction of sp³-hybridized carbons (Fsp3) is 0.933. The Balaban J connectivity index is 2.18. The molecular weight excluding hydrogens is 256 g/mol. The van der Waals surface area contributed by atoms with E-state index in [2.05, 4.69) is 45.2 Å². The van der Waals surface area contributed by atoms with Gasteiger partial charge in [0.25, 0.3) is 0 Å². The minimum atomic E-state index is 0.295. The summed E-state index contributed by atoms with van der Waals surface area (Å²) in [4.78, 5) is 16.4. The third-order valence-corrected chi connectivity index (χ3v) is 4.09. The molecule has 4 heteroatoms. The van der Waals surface area contributed by atoms with Crippen LogP contribution in [0.5, 0.6) is 0 Å². The second-order valence-electron chi connectivity index (χ2n) is 6.82. The average Bonchev–Trinajstić information content (AvgIpc) is 2.33.